The molecule has 0 aliphatic rings. The van der Waals surface area contributed by atoms with Crippen LogP contribution in [-0.2, 0) is 9.53 Å². The molecule has 0 unspecified atom stereocenters. The van der Waals surface area contributed by atoms with Crippen molar-refractivity contribution in [2.75, 3.05) is 0 Å². The van der Waals surface area contributed by atoms with Gasteiger partial charge in [0.05, 0.1) is 14.9 Å². The molecule has 21 heavy (non-hydrogen) atoms. The number of hydrogen-bond donors (Lipinski definition) is 0. The third-order valence-corrected chi connectivity index (χ3v) is 8.93. The van der Waals surface area contributed by atoms with E-state index in [1.54, 1.807) is 0 Å². The maximum atomic E-state index is 12.4. The van der Waals surface area contributed by atoms with Crippen molar-refractivity contribution in [3.05, 3.63) is 10.8 Å². The zero-order valence-corrected chi connectivity index (χ0v) is 17.2. The molecule has 0 aromatic heterocycles. The second kappa shape index (κ2) is 7.13. The van der Waals surface area contributed by atoms with Crippen molar-refractivity contribution < 1.29 is 9.53 Å². The van der Waals surface area contributed by atoms with Crippen molar-refractivity contribution in [1.82, 2.24) is 0 Å². The first-order valence-corrected chi connectivity index (χ1v) is 9.84. The first-order chi connectivity index (χ1) is 9.19. The van der Waals surface area contributed by atoms with Crippen LogP contribution in [0.5, 0.6) is 0 Å². The van der Waals surface area contributed by atoms with E-state index in [0.717, 1.165) is 5.57 Å². The summed E-state index contributed by atoms with van der Waals surface area (Å²) in [5, 5.41) is 1.84. The highest BCUT2D eigenvalue weighted by Gasteiger charge is 2.41. The van der Waals surface area contributed by atoms with E-state index in [0.29, 0.717) is 5.92 Å². The highest BCUT2D eigenvalue weighted by Crippen LogP contribution is 2.47. The van der Waals surface area contributed by atoms with Crippen LogP contribution >= 0.6 is 0 Å². The van der Waals surface area contributed by atoms with Gasteiger partial charge in [-0.25, -0.2) is 4.79 Å². The van der Waals surface area contributed by atoms with Crippen molar-refractivity contribution >= 4 is 14.8 Å². The molecule has 0 fully saturated rings. The summed E-state index contributed by atoms with van der Waals surface area (Å²) in [6.07, 6.45) is -0.0646. The molecule has 0 aliphatic carbocycles. The van der Waals surface area contributed by atoms with E-state index in [4.69, 9.17) is 4.74 Å². The molecule has 2 nitrogen and oxygen atoms in total. The quantitative estimate of drug-likeness (QED) is 0.401. The van der Waals surface area contributed by atoms with Gasteiger partial charge in [-0.15, -0.1) is 0 Å². The normalized spacial score (nSPS) is 14.8. The fraction of sp³-hybridized carbons (Fsp3) is 0.833. The summed E-state index contributed by atoms with van der Waals surface area (Å²) in [6.45, 7) is 24.1. The molecule has 0 saturated heterocycles. The van der Waals surface area contributed by atoms with Gasteiger partial charge in [0.2, 0.25) is 0 Å². The van der Waals surface area contributed by atoms with Gasteiger partial charge in [0.15, 0.2) is 0 Å². The van der Waals surface area contributed by atoms with Crippen LogP contribution in [0.2, 0.25) is 10.1 Å². The summed E-state index contributed by atoms with van der Waals surface area (Å²) in [5.41, 5.74) is 0.847. The van der Waals surface area contributed by atoms with E-state index in [9.17, 15) is 4.79 Å². The van der Waals surface area contributed by atoms with Crippen molar-refractivity contribution in [2.24, 2.45) is 5.92 Å². The van der Waals surface area contributed by atoms with Gasteiger partial charge in [0.1, 0.15) is 0 Å². The lowest BCUT2D eigenvalue weighted by Crippen LogP contribution is -2.40. The molecule has 0 bridgehead atoms. The molecule has 0 saturated carbocycles. The van der Waals surface area contributed by atoms with Crippen LogP contribution in [-0.4, -0.2) is 20.9 Å². The highest BCUT2D eigenvalue weighted by molar-refractivity contribution is 6.73. The molecule has 0 aromatic carbocycles. The number of ether oxygens (including phenoxy) is 1. The molecule has 0 aromatic rings. The monoisotopic (exact) mass is 312 g/mol. The van der Waals surface area contributed by atoms with Crippen LogP contribution in [0, 0.1) is 5.92 Å². The number of hydrogen-bond acceptors (Lipinski definition) is 2. The zero-order valence-electron chi connectivity index (χ0n) is 16.0. The summed E-state index contributed by atoms with van der Waals surface area (Å²) in [5.74, 6) is 0.250. The standard InChI is InChI=1S/C18H36O2Si/c1-12(2)15(14(5)16(19)20-13(3)4)21(17(6,7)8)18(9,10)11/h12-13,21H,1-11H3. The second-order valence-corrected chi connectivity index (χ2v) is 13.8. The number of carbonyl (C=O) groups is 1. The van der Waals surface area contributed by atoms with Gasteiger partial charge in [0, 0.05) is 5.57 Å². The van der Waals surface area contributed by atoms with Gasteiger partial charge in [-0.1, -0.05) is 60.6 Å². The lowest BCUT2D eigenvalue weighted by atomic mass is 10.1. The Balaban J connectivity index is 6.01. The predicted octanol–water partition coefficient (Wildman–Crippen LogP) is 5.28. The molecular weight excluding hydrogens is 276 g/mol. The Bertz CT molecular complexity index is 378. The SMILES string of the molecule is CC(C(=O)OC(C)C)=C(C(C)C)[SiH](C(C)(C)C)C(C)(C)C. The van der Waals surface area contributed by atoms with Crippen LogP contribution in [0.4, 0.5) is 0 Å². The van der Waals surface area contributed by atoms with Crippen molar-refractivity contribution in [3.8, 4) is 0 Å². The Labute approximate surface area is 134 Å². The van der Waals surface area contributed by atoms with E-state index >= 15 is 0 Å². The number of allylic oxidation sites excluding steroid dienone is 1. The summed E-state index contributed by atoms with van der Waals surface area (Å²) < 4.78 is 5.44. The molecule has 0 heterocycles. The van der Waals surface area contributed by atoms with Gasteiger partial charge < -0.3 is 4.74 Å². The molecule has 0 rings (SSSR count). The third-order valence-electron chi connectivity index (χ3n) is 3.75. The fourth-order valence-corrected chi connectivity index (χ4v) is 9.32. The van der Waals surface area contributed by atoms with Gasteiger partial charge in [0.25, 0.3) is 0 Å². The first-order valence-electron chi connectivity index (χ1n) is 8.11. The molecule has 0 amide bonds. The average molecular weight is 313 g/mol. The summed E-state index contributed by atoms with van der Waals surface area (Å²) in [6, 6.07) is 0. The molecule has 3 heteroatoms. The Morgan fingerprint density at radius 3 is 1.52 bits per heavy atom. The van der Waals surface area contributed by atoms with Crippen molar-refractivity contribution in [2.45, 2.75) is 92.3 Å². The van der Waals surface area contributed by atoms with Gasteiger partial charge >= 0.3 is 5.97 Å². The second-order valence-electron chi connectivity index (χ2n) is 8.85. The van der Waals surface area contributed by atoms with Crippen molar-refractivity contribution in [3.63, 3.8) is 0 Å². The summed E-state index contributed by atoms with van der Waals surface area (Å²) in [7, 11) is -1.36. The molecule has 0 aliphatic heterocycles. The minimum atomic E-state index is -1.36. The largest absolute Gasteiger partial charge is 0.460 e. The minimum Gasteiger partial charge on any atom is -0.460 e. The lowest BCUT2D eigenvalue weighted by Gasteiger charge is -2.43. The minimum absolute atomic E-state index is 0.0646. The van der Waals surface area contributed by atoms with Gasteiger partial charge in [-0.2, -0.15) is 0 Å². The fourth-order valence-electron chi connectivity index (χ4n) is 3.64. The number of carbonyl (C=O) groups excluding carboxylic acids is 1. The maximum absolute atomic E-state index is 12.4. The van der Waals surface area contributed by atoms with E-state index in [-0.39, 0.29) is 22.1 Å². The first kappa shape index (κ1) is 20.4. The number of esters is 1. The van der Waals surface area contributed by atoms with E-state index in [1.165, 1.54) is 5.20 Å². The van der Waals surface area contributed by atoms with Crippen LogP contribution in [0.3, 0.4) is 0 Å². The molecule has 0 N–H and O–H groups in total. The van der Waals surface area contributed by atoms with Gasteiger partial charge in [-0.3, -0.25) is 0 Å². The molecule has 124 valence electrons. The van der Waals surface area contributed by atoms with Crippen LogP contribution in [0.1, 0.15) is 76.2 Å². The maximum Gasteiger partial charge on any atom is 0.333 e. The zero-order chi connectivity index (χ0) is 17.2. The topological polar surface area (TPSA) is 26.3 Å². The van der Waals surface area contributed by atoms with Gasteiger partial charge in [-0.05, 0) is 36.8 Å². The third kappa shape index (κ3) is 5.97. The van der Waals surface area contributed by atoms with Crippen LogP contribution < -0.4 is 0 Å². The molecule has 0 radical (unpaired) electrons. The van der Waals surface area contributed by atoms with E-state index < -0.39 is 8.80 Å². The smallest absolute Gasteiger partial charge is 0.333 e. The summed E-state index contributed by atoms with van der Waals surface area (Å²) in [4.78, 5) is 12.4. The van der Waals surface area contributed by atoms with E-state index in [2.05, 4.69) is 55.4 Å². The van der Waals surface area contributed by atoms with Crippen molar-refractivity contribution in [1.29, 1.82) is 0 Å². The molecule has 0 spiro atoms. The molecular formula is C18H36O2Si. The average Bonchev–Trinajstić information content (AvgIpc) is 2.19. The Hall–Kier alpha value is -0.573. The lowest BCUT2D eigenvalue weighted by molar-refractivity contribution is -0.142. The van der Waals surface area contributed by atoms with Crippen LogP contribution in [0.15, 0.2) is 10.8 Å². The molecule has 0 atom stereocenters. The van der Waals surface area contributed by atoms with E-state index in [1.807, 2.05) is 20.8 Å². The predicted molar refractivity (Wildman–Crippen MR) is 95.3 cm³/mol. The van der Waals surface area contributed by atoms with Crippen LogP contribution in [0.25, 0.3) is 0 Å². The summed E-state index contributed by atoms with van der Waals surface area (Å²) >= 11 is 0. The number of rotatable bonds is 4. The Morgan fingerprint density at radius 1 is 0.905 bits per heavy atom. The Morgan fingerprint density at radius 2 is 1.29 bits per heavy atom. The Kier molecular flexibility index (Phi) is 6.93. The highest BCUT2D eigenvalue weighted by atomic mass is 28.3.